The Morgan fingerprint density at radius 2 is 2.31 bits per heavy atom. The van der Waals surface area contributed by atoms with Gasteiger partial charge in [-0.15, -0.1) is 0 Å². The molecule has 0 amide bonds. The minimum atomic E-state index is -0.911. The van der Waals surface area contributed by atoms with E-state index in [0.29, 0.717) is 0 Å². The van der Waals surface area contributed by atoms with Crippen LogP contribution in [0.4, 0.5) is 0 Å². The van der Waals surface area contributed by atoms with Gasteiger partial charge in [-0.1, -0.05) is 18.2 Å². The minimum Gasteiger partial charge on any atom is -0.497 e. The summed E-state index contributed by atoms with van der Waals surface area (Å²) in [6, 6.07) is 7.50. The molecular formula is C10H13NO2. The molecule has 1 unspecified atom stereocenters. The van der Waals surface area contributed by atoms with E-state index in [-0.39, 0.29) is 0 Å². The van der Waals surface area contributed by atoms with E-state index in [9.17, 15) is 0 Å². The van der Waals surface area contributed by atoms with Crippen LogP contribution in [0.1, 0.15) is 5.56 Å². The summed E-state index contributed by atoms with van der Waals surface area (Å²) < 4.78 is 5.03. The van der Waals surface area contributed by atoms with Crippen molar-refractivity contribution in [3.8, 4) is 5.75 Å². The second kappa shape index (κ2) is 4.64. The van der Waals surface area contributed by atoms with Gasteiger partial charge in [-0.3, -0.25) is 0 Å². The first-order chi connectivity index (χ1) is 6.22. The molecule has 0 heterocycles. The van der Waals surface area contributed by atoms with Gasteiger partial charge in [0.15, 0.2) is 0 Å². The number of rotatable bonds is 3. The van der Waals surface area contributed by atoms with Gasteiger partial charge in [-0.05, 0) is 23.8 Å². The molecule has 3 nitrogen and oxygen atoms in total. The Morgan fingerprint density at radius 1 is 1.54 bits per heavy atom. The molecule has 70 valence electrons. The molecule has 0 saturated carbocycles. The van der Waals surface area contributed by atoms with Crippen molar-refractivity contribution in [3.63, 3.8) is 0 Å². The number of aliphatic hydroxyl groups excluding tert-OH is 1. The van der Waals surface area contributed by atoms with Crippen LogP contribution in [0, 0.1) is 0 Å². The van der Waals surface area contributed by atoms with Crippen LogP contribution >= 0.6 is 0 Å². The van der Waals surface area contributed by atoms with Crippen molar-refractivity contribution in [2.45, 2.75) is 6.23 Å². The van der Waals surface area contributed by atoms with Crippen LogP contribution in [-0.4, -0.2) is 18.4 Å². The van der Waals surface area contributed by atoms with E-state index in [1.807, 2.05) is 24.3 Å². The summed E-state index contributed by atoms with van der Waals surface area (Å²) in [4.78, 5) is 0. The summed E-state index contributed by atoms with van der Waals surface area (Å²) in [6.07, 6.45) is 2.34. The molecule has 0 aliphatic carbocycles. The molecule has 1 atom stereocenters. The zero-order chi connectivity index (χ0) is 9.68. The van der Waals surface area contributed by atoms with E-state index in [4.69, 9.17) is 15.6 Å². The van der Waals surface area contributed by atoms with Crippen LogP contribution < -0.4 is 10.5 Å². The molecular weight excluding hydrogens is 166 g/mol. The highest BCUT2D eigenvalue weighted by Gasteiger charge is 1.92. The average Bonchev–Trinajstić information content (AvgIpc) is 2.15. The van der Waals surface area contributed by atoms with Crippen LogP contribution in [0.2, 0.25) is 0 Å². The Kier molecular flexibility index (Phi) is 3.49. The third-order valence-corrected chi connectivity index (χ3v) is 1.58. The van der Waals surface area contributed by atoms with Crippen LogP contribution in [0.15, 0.2) is 30.3 Å². The number of methoxy groups -OCH3 is 1. The molecule has 0 aromatic heterocycles. The van der Waals surface area contributed by atoms with Crippen molar-refractivity contribution >= 4 is 6.08 Å². The molecule has 0 bridgehead atoms. The first-order valence-electron chi connectivity index (χ1n) is 3.98. The third-order valence-electron chi connectivity index (χ3n) is 1.58. The number of hydrogen-bond acceptors (Lipinski definition) is 3. The van der Waals surface area contributed by atoms with Gasteiger partial charge in [0, 0.05) is 0 Å². The highest BCUT2D eigenvalue weighted by Crippen LogP contribution is 2.13. The molecule has 13 heavy (non-hydrogen) atoms. The lowest BCUT2D eigenvalue weighted by Crippen LogP contribution is -2.14. The predicted molar refractivity (Wildman–Crippen MR) is 52.2 cm³/mol. The molecule has 3 N–H and O–H groups in total. The van der Waals surface area contributed by atoms with Crippen molar-refractivity contribution < 1.29 is 9.84 Å². The molecule has 1 aromatic rings. The summed E-state index contributed by atoms with van der Waals surface area (Å²) >= 11 is 0. The van der Waals surface area contributed by atoms with Gasteiger partial charge in [0.2, 0.25) is 0 Å². The smallest absolute Gasteiger partial charge is 0.121 e. The number of benzene rings is 1. The van der Waals surface area contributed by atoms with Crippen LogP contribution in [0.25, 0.3) is 6.08 Å². The Hall–Kier alpha value is -1.32. The van der Waals surface area contributed by atoms with Crippen LogP contribution in [-0.2, 0) is 0 Å². The molecule has 0 aliphatic rings. The average molecular weight is 179 g/mol. The lowest BCUT2D eigenvalue weighted by atomic mass is 10.2. The molecule has 1 rings (SSSR count). The van der Waals surface area contributed by atoms with Crippen LogP contribution in [0.3, 0.4) is 0 Å². The number of nitrogens with two attached hydrogens (primary N) is 1. The van der Waals surface area contributed by atoms with Crippen molar-refractivity contribution in [1.82, 2.24) is 0 Å². The van der Waals surface area contributed by atoms with E-state index in [0.717, 1.165) is 11.3 Å². The Balaban J connectivity index is 2.77. The summed E-state index contributed by atoms with van der Waals surface area (Å²) in [5, 5.41) is 8.80. The first kappa shape index (κ1) is 9.77. The van der Waals surface area contributed by atoms with E-state index in [1.165, 1.54) is 6.08 Å². The molecule has 0 fully saturated rings. The molecule has 0 radical (unpaired) electrons. The fraction of sp³-hybridized carbons (Fsp3) is 0.200. The molecule has 0 saturated heterocycles. The number of hydrogen-bond donors (Lipinski definition) is 2. The minimum absolute atomic E-state index is 0.786. The molecule has 0 aliphatic heterocycles. The van der Waals surface area contributed by atoms with E-state index >= 15 is 0 Å². The third kappa shape index (κ3) is 3.27. The number of aliphatic hydroxyl groups is 1. The SMILES string of the molecule is COc1cccc(C=CC(N)O)c1. The van der Waals surface area contributed by atoms with Gasteiger partial charge >= 0.3 is 0 Å². The lowest BCUT2D eigenvalue weighted by Gasteiger charge is -2.00. The van der Waals surface area contributed by atoms with Crippen molar-refractivity contribution in [1.29, 1.82) is 0 Å². The second-order valence-corrected chi connectivity index (χ2v) is 2.63. The van der Waals surface area contributed by atoms with Gasteiger partial charge in [0.1, 0.15) is 12.0 Å². The summed E-state index contributed by atoms with van der Waals surface area (Å²) in [5.41, 5.74) is 6.10. The zero-order valence-corrected chi connectivity index (χ0v) is 7.47. The summed E-state index contributed by atoms with van der Waals surface area (Å²) in [7, 11) is 1.61. The highest BCUT2D eigenvalue weighted by atomic mass is 16.5. The van der Waals surface area contributed by atoms with Gasteiger partial charge in [0.05, 0.1) is 7.11 Å². The van der Waals surface area contributed by atoms with E-state index in [1.54, 1.807) is 13.2 Å². The van der Waals surface area contributed by atoms with Gasteiger partial charge < -0.3 is 15.6 Å². The summed E-state index contributed by atoms with van der Waals surface area (Å²) in [5.74, 6) is 0.786. The lowest BCUT2D eigenvalue weighted by molar-refractivity contribution is 0.232. The van der Waals surface area contributed by atoms with Crippen molar-refractivity contribution in [3.05, 3.63) is 35.9 Å². The standard InChI is InChI=1S/C10H13NO2/c1-13-9-4-2-3-8(7-9)5-6-10(11)12/h2-7,10,12H,11H2,1H3. The van der Waals surface area contributed by atoms with Gasteiger partial charge in [0.25, 0.3) is 0 Å². The van der Waals surface area contributed by atoms with Crippen molar-refractivity contribution in [2.24, 2.45) is 5.73 Å². The second-order valence-electron chi connectivity index (χ2n) is 2.63. The Bertz CT molecular complexity index is 295. The highest BCUT2D eigenvalue weighted by molar-refractivity contribution is 5.51. The first-order valence-corrected chi connectivity index (χ1v) is 3.98. The molecule has 1 aromatic carbocycles. The maximum atomic E-state index is 8.80. The Labute approximate surface area is 77.4 Å². The monoisotopic (exact) mass is 179 g/mol. The van der Waals surface area contributed by atoms with Gasteiger partial charge in [-0.25, -0.2) is 0 Å². The fourth-order valence-corrected chi connectivity index (χ4v) is 0.955. The quantitative estimate of drug-likeness (QED) is 0.680. The van der Waals surface area contributed by atoms with E-state index < -0.39 is 6.23 Å². The van der Waals surface area contributed by atoms with E-state index in [2.05, 4.69) is 0 Å². The van der Waals surface area contributed by atoms with Gasteiger partial charge in [-0.2, -0.15) is 0 Å². The van der Waals surface area contributed by atoms with Crippen LogP contribution in [0.5, 0.6) is 5.75 Å². The molecule has 0 spiro atoms. The topological polar surface area (TPSA) is 55.5 Å². The number of ether oxygens (including phenoxy) is 1. The largest absolute Gasteiger partial charge is 0.497 e. The maximum Gasteiger partial charge on any atom is 0.121 e. The Morgan fingerprint density at radius 3 is 2.92 bits per heavy atom. The maximum absolute atomic E-state index is 8.80. The zero-order valence-electron chi connectivity index (χ0n) is 7.47. The molecule has 3 heteroatoms. The van der Waals surface area contributed by atoms with Crippen molar-refractivity contribution in [2.75, 3.05) is 7.11 Å². The summed E-state index contributed by atoms with van der Waals surface area (Å²) in [6.45, 7) is 0. The normalized spacial score (nSPS) is 13.2. The fourth-order valence-electron chi connectivity index (χ4n) is 0.955. The predicted octanol–water partition coefficient (Wildman–Crippen LogP) is 0.985.